The van der Waals surface area contributed by atoms with Gasteiger partial charge >= 0.3 is 0 Å². The van der Waals surface area contributed by atoms with Crippen LogP contribution in [0.3, 0.4) is 0 Å². The van der Waals surface area contributed by atoms with Crippen molar-refractivity contribution in [3.63, 3.8) is 0 Å². The molecule has 0 fully saturated rings. The normalized spacial score (nSPS) is 13.0. The summed E-state index contributed by atoms with van der Waals surface area (Å²) in [5.41, 5.74) is 6.38. The van der Waals surface area contributed by atoms with Gasteiger partial charge in [0.2, 0.25) is 0 Å². The van der Waals surface area contributed by atoms with Gasteiger partial charge in [-0.3, -0.25) is 4.40 Å². The van der Waals surface area contributed by atoms with Crippen molar-refractivity contribution in [3.8, 4) is 28.4 Å². The third-order valence-corrected chi connectivity index (χ3v) is 14.0. The molecule has 0 unspecified atom stereocenters. The first kappa shape index (κ1) is 38.4. The first-order valence-electron chi connectivity index (χ1n) is 26.3. The maximum absolute atomic E-state index is 9.34. The summed E-state index contributed by atoms with van der Waals surface area (Å²) in [5.74, 6) is 1.75. The predicted molar refractivity (Wildman–Crippen MR) is 293 cm³/mol. The molecule has 14 aromatic rings. The first-order chi connectivity index (χ1) is 36.9. The van der Waals surface area contributed by atoms with E-state index in [0.717, 1.165) is 92.5 Å². The third kappa shape index (κ3) is 6.79. The Morgan fingerprint density at radius 3 is 1.68 bits per heavy atom. The fourth-order valence-electron chi connectivity index (χ4n) is 10.8. The largest absolute Gasteiger partial charge is 0.510 e. The summed E-state index contributed by atoms with van der Waals surface area (Å²) in [6, 6.07) is 65.5. The molecule has 6 heteroatoms. The van der Waals surface area contributed by atoms with Gasteiger partial charge in [-0.2, -0.15) is 12.1 Å². The summed E-state index contributed by atoms with van der Waals surface area (Å²) >= 11 is 0. The Morgan fingerprint density at radius 1 is 0.514 bits per heavy atom. The van der Waals surface area contributed by atoms with Crippen LogP contribution in [0, 0.1) is 18.5 Å². The molecule has 346 valence electrons. The number of pyridine rings is 1. The number of fused-ring (bicyclic) bond motifs is 20. The zero-order chi connectivity index (χ0) is 51.7. The van der Waals surface area contributed by atoms with Crippen LogP contribution in [0.25, 0.3) is 115 Å². The van der Waals surface area contributed by atoms with Crippen molar-refractivity contribution in [3.05, 3.63) is 236 Å². The molecule has 0 bridgehead atoms. The maximum Gasteiger partial charge on any atom is 0.268 e. The molecule has 14 rings (SSSR count). The quantitative estimate of drug-likeness (QED) is 0.130. The summed E-state index contributed by atoms with van der Waals surface area (Å²) in [5, 5.41) is 11.6. The molecule has 0 aliphatic rings. The Morgan fingerprint density at radius 2 is 1.03 bits per heavy atom. The van der Waals surface area contributed by atoms with Crippen LogP contribution in [-0.2, 0) is 26.5 Å². The average Bonchev–Trinajstić information content (AvgIpc) is 4.25. The van der Waals surface area contributed by atoms with Crippen molar-refractivity contribution in [2.75, 3.05) is 0 Å². The topological polar surface area (TPSA) is 35.6 Å². The molecule has 0 N–H and O–H groups in total. The molecule has 5 nitrogen and oxygen atoms in total. The second-order valence-corrected chi connectivity index (χ2v) is 19.1. The molecule has 9 aromatic carbocycles. The van der Waals surface area contributed by atoms with E-state index in [1.54, 1.807) is 0 Å². The van der Waals surface area contributed by atoms with E-state index in [2.05, 4.69) is 170 Å². The van der Waals surface area contributed by atoms with Gasteiger partial charge in [-0.15, -0.1) is 35.0 Å². The van der Waals surface area contributed by atoms with Gasteiger partial charge in [-0.25, -0.2) is 4.98 Å². The van der Waals surface area contributed by atoms with Crippen molar-refractivity contribution >= 4 is 97.7 Å². The SMILES string of the molecule is [2H]c1c([2H])c([2H])c(-c2cccc3c4ccccc4c4ccccc4c4c5c6ccccc6c6ccccc6c6ccc(Oc7[c-]c8c(cc7)c7ccccc7n8-c7cc(C(C)(C)C)ccn7)[c-]c6n5[c-][n+]4c23)c([2H])c1[2H].[Pt]. The molecule has 0 saturated carbocycles. The molecular weight excluding hydrogens is 1060 g/mol. The molecular formula is C66H44N4OPt-2. The smallest absolute Gasteiger partial charge is 0.268 e. The Hall–Kier alpha value is -8.37. The molecule has 0 aliphatic heterocycles. The van der Waals surface area contributed by atoms with Crippen LogP contribution in [0.5, 0.6) is 11.5 Å². The Bertz CT molecular complexity index is 4900. The van der Waals surface area contributed by atoms with E-state index in [1.807, 2.05) is 65.2 Å². The third-order valence-electron chi connectivity index (χ3n) is 14.0. The van der Waals surface area contributed by atoms with E-state index in [4.69, 9.17) is 13.8 Å². The van der Waals surface area contributed by atoms with Crippen LogP contribution in [0.4, 0.5) is 0 Å². The summed E-state index contributed by atoms with van der Waals surface area (Å²) in [4.78, 5) is 4.90. The number of aromatic nitrogens is 4. The molecule has 0 amide bonds. The number of imidazole rings is 1. The van der Waals surface area contributed by atoms with Gasteiger partial charge in [0, 0.05) is 44.3 Å². The van der Waals surface area contributed by atoms with Gasteiger partial charge in [-0.05, 0) is 94.3 Å². The summed E-state index contributed by atoms with van der Waals surface area (Å²) in [6.45, 7) is 6.61. The van der Waals surface area contributed by atoms with Gasteiger partial charge in [0.1, 0.15) is 5.82 Å². The Kier molecular flexibility index (Phi) is 9.01. The molecule has 72 heavy (non-hydrogen) atoms. The number of hydrogen-bond acceptors (Lipinski definition) is 2. The predicted octanol–water partition coefficient (Wildman–Crippen LogP) is 16.4. The molecule has 5 aromatic heterocycles. The molecule has 0 spiro atoms. The Labute approximate surface area is 437 Å². The van der Waals surface area contributed by atoms with Crippen molar-refractivity contribution < 1.29 is 37.1 Å². The van der Waals surface area contributed by atoms with Crippen LogP contribution in [0.1, 0.15) is 33.2 Å². The van der Waals surface area contributed by atoms with Crippen molar-refractivity contribution in [1.82, 2.24) is 14.0 Å². The zero-order valence-corrected chi connectivity index (χ0v) is 41.6. The number of rotatable bonds is 4. The van der Waals surface area contributed by atoms with E-state index in [1.165, 1.54) is 5.56 Å². The number of benzene rings is 9. The summed E-state index contributed by atoms with van der Waals surface area (Å²) < 4.78 is 58.1. The van der Waals surface area contributed by atoms with Gasteiger partial charge in [-0.1, -0.05) is 195 Å². The van der Waals surface area contributed by atoms with Crippen LogP contribution in [0.2, 0.25) is 0 Å². The maximum atomic E-state index is 9.34. The van der Waals surface area contributed by atoms with E-state index >= 15 is 0 Å². The minimum absolute atomic E-state index is 0. The average molecular weight is 1110 g/mol. The zero-order valence-electron chi connectivity index (χ0n) is 44.3. The van der Waals surface area contributed by atoms with Gasteiger partial charge in [0.05, 0.1) is 23.4 Å². The minimum Gasteiger partial charge on any atom is -0.510 e. The second kappa shape index (κ2) is 16.9. The van der Waals surface area contributed by atoms with Crippen LogP contribution in [-0.4, -0.2) is 14.0 Å². The van der Waals surface area contributed by atoms with Crippen LogP contribution in [0.15, 0.2) is 212 Å². The number of hydrogen-bond donors (Lipinski definition) is 0. The van der Waals surface area contributed by atoms with Gasteiger partial charge in [0.25, 0.3) is 6.33 Å². The molecule has 0 atom stereocenters. The van der Waals surface area contributed by atoms with Crippen molar-refractivity contribution in [2.24, 2.45) is 0 Å². The summed E-state index contributed by atoms with van der Waals surface area (Å²) in [7, 11) is 0. The molecule has 5 heterocycles. The standard InChI is InChI=1S/C66H44N4O.Pt/c1-66(2,3)43-36-37-67-62(38-43)70-59-31-16-15-26-53(59)55-35-33-45(40-61(55)70)71-44-32-34-54-49-22-9-7-20-47(49)51-24-11-13-27-57(51)64-65-58-28-14-12-25-52(58)48-21-8-10-23-50(48)56-30-17-29-46(42-18-5-4-6-19-42)63(56)69(65)41-68(64)60(54)39-44;/h4-38H,1-3H3;/q-2;/i4D,5D,6D,18D,19D;. The van der Waals surface area contributed by atoms with E-state index in [9.17, 15) is 2.74 Å². The first-order valence-corrected chi connectivity index (χ1v) is 23.8. The van der Waals surface area contributed by atoms with Crippen molar-refractivity contribution in [2.45, 2.75) is 26.2 Å². The summed E-state index contributed by atoms with van der Waals surface area (Å²) in [6.07, 6.45) is 5.76. The van der Waals surface area contributed by atoms with Crippen LogP contribution >= 0.6 is 0 Å². The van der Waals surface area contributed by atoms with E-state index < -0.39 is 18.1 Å². The van der Waals surface area contributed by atoms with E-state index in [-0.39, 0.29) is 44.1 Å². The van der Waals surface area contributed by atoms with Gasteiger partial charge in [0.15, 0.2) is 0 Å². The van der Waals surface area contributed by atoms with Crippen molar-refractivity contribution in [1.29, 1.82) is 0 Å². The van der Waals surface area contributed by atoms with Crippen LogP contribution < -0.4 is 9.14 Å². The fraction of sp³-hybridized carbons (Fsp3) is 0.0606. The van der Waals surface area contributed by atoms with Gasteiger partial charge < -0.3 is 13.7 Å². The monoisotopic (exact) mass is 1110 g/mol. The Balaban J connectivity index is 0.00000566. The molecule has 0 radical (unpaired) electrons. The van der Waals surface area contributed by atoms with E-state index in [0.29, 0.717) is 28.1 Å². The number of para-hydroxylation sites is 2. The second-order valence-electron chi connectivity index (χ2n) is 19.1. The number of ether oxygens (including phenoxy) is 1. The fourth-order valence-corrected chi connectivity index (χ4v) is 10.8. The molecule has 0 saturated heterocycles. The molecule has 0 aliphatic carbocycles. The minimum atomic E-state index is -0.451. The number of nitrogens with zero attached hydrogens (tertiary/aromatic N) is 4.